The van der Waals surface area contributed by atoms with Crippen LogP contribution >= 0.6 is 0 Å². The molecule has 4 heteroatoms. The smallest absolute Gasteiger partial charge is 0.256 e. The standard InChI is InChI=1S/C19H15NO3/c1-22-17-9-14-13-7-11-5-3-4-6-12(11)8-15(13)19(21)20-16(14)10-18(17)23-2/h3-10H,1-2H3,(H,20,21). The Kier molecular flexibility index (Phi) is 2.98. The lowest BCUT2D eigenvalue weighted by atomic mass is 10.0. The monoisotopic (exact) mass is 305 g/mol. The molecule has 0 radical (unpaired) electrons. The minimum atomic E-state index is -0.106. The predicted molar refractivity (Wildman–Crippen MR) is 92.7 cm³/mol. The van der Waals surface area contributed by atoms with Crippen molar-refractivity contribution in [3.05, 3.63) is 58.9 Å². The summed E-state index contributed by atoms with van der Waals surface area (Å²) in [7, 11) is 3.18. The Labute approximate surface area is 132 Å². The zero-order valence-electron chi connectivity index (χ0n) is 12.8. The molecule has 3 aromatic carbocycles. The summed E-state index contributed by atoms with van der Waals surface area (Å²) in [5.41, 5.74) is 0.626. The average Bonchev–Trinajstić information content (AvgIpc) is 2.59. The van der Waals surface area contributed by atoms with E-state index in [-0.39, 0.29) is 5.56 Å². The third kappa shape index (κ3) is 2.03. The van der Waals surface area contributed by atoms with Crippen molar-refractivity contribution < 1.29 is 9.47 Å². The Hall–Kier alpha value is -3.01. The number of methoxy groups -OCH3 is 2. The number of hydrogen-bond acceptors (Lipinski definition) is 3. The van der Waals surface area contributed by atoms with Crippen molar-refractivity contribution >= 4 is 32.4 Å². The zero-order chi connectivity index (χ0) is 16.0. The highest BCUT2D eigenvalue weighted by molar-refractivity contribution is 6.11. The quantitative estimate of drug-likeness (QED) is 0.452. The number of nitrogens with one attached hydrogen (secondary N) is 1. The van der Waals surface area contributed by atoms with E-state index in [2.05, 4.69) is 4.98 Å². The van der Waals surface area contributed by atoms with Crippen LogP contribution in [0.3, 0.4) is 0 Å². The lowest BCUT2D eigenvalue weighted by molar-refractivity contribution is 0.356. The highest BCUT2D eigenvalue weighted by atomic mass is 16.5. The lowest BCUT2D eigenvalue weighted by Crippen LogP contribution is -2.06. The number of fused-ring (bicyclic) bond motifs is 4. The second-order valence-corrected chi connectivity index (χ2v) is 5.45. The number of benzene rings is 3. The minimum Gasteiger partial charge on any atom is -0.493 e. The van der Waals surface area contributed by atoms with E-state index in [1.54, 1.807) is 20.3 Å². The van der Waals surface area contributed by atoms with Gasteiger partial charge in [-0.2, -0.15) is 0 Å². The predicted octanol–water partition coefficient (Wildman–Crippen LogP) is 3.85. The van der Waals surface area contributed by atoms with Gasteiger partial charge in [0.15, 0.2) is 11.5 Å². The largest absolute Gasteiger partial charge is 0.493 e. The number of H-pyrrole nitrogens is 1. The lowest BCUT2D eigenvalue weighted by Gasteiger charge is -2.11. The molecule has 0 amide bonds. The molecule has 4 aromatic rings. The minimum absolute atomic E-state index is 0.106. The van der Waals surface area contributed by atoms with Crippen LogP contribution < -0.4 is 15.0 Å². The van der Waals surface area contributed by atoms with Crippen LogP contribution in [-0.4, -0.2) is 19.2 Å². The molecule has 1 heterocycles. The number of hydrogen-bond donors (Lipinski definition) is 1. The van der Waals surface area contributed by atoms with Gasteiger partial charge in [0.25, 0.3) is 5.56 Å². The molecule has 114 valence electrons. The van der Waals surface area contributed by atoms with Crippen LogP contribution in [0, 0.1) is 0 Å². The molecule has 0 aliphatic heterocycles. The molecule has 0 aliphatic rings. The van der Waals surface area contributed by atoms with Crippen LogP contribution in [0.25, 0.3) is 32.4 Å². The average molecular weight is 305 g/mol. The third-order valence-electron chi connectivity index (χ3n) is 4.19. The van der Waals surface area contributed by atoms with E-state index < -0.39 is 0 Å². The first kappa shape index (κ1) is 13.6. The maximum Gasteiger partial charge on any atom is 0.256 e. The van der Waals surface area contributed by atoms with Gasteiger partial charge in [-0.25, -0.2) is 0 Å². The molecule has 0 unspecified atom stereocenters. The Balaban J connectivity index is 2.21. The highest BCUT2D eigenvalue weighted by Gasteiger charge is 2.11. The van der Waals surface area contributed by atoms with Gasteiger partial charge in [0, 0.05) is 16.8 Å². The van der Waals surface area contributed by atoms with Crippen LogP contribution in [0.5, 0.6) is 11.5 Å². The molecule has 1 N–H and O–H groups in total. The maximum absolute atomic E-state index is 12.5. The van der Waals surface area contributed by atoms with Crippen molar-refractivity contribution in [2.75, 3.05) is 14.2 Å². The fourth-order valence-electron chi connectivity index (χ4n) is 3.05. The molecular weight excluding hydrogens is 290 g/mol. The summed E-state index contributed by atoms with van der Waals surface area (Å²) in [5, 5.41) is 4.65. The Morgan fingerprint density at radius 1 is 0.783 bits per heavy atom. The van der Waals surface area contributed by atoms with E-state index >= 15 is 0 Å². The molecule has 0 spiro atoms. The first-order chi connectivity index (χ1) is 11.2. The maximum atomic E-state index is 12.5. The SMILES string of the molecule is COc1cc2[nH]c(=O)c3cc4ccccc4cc3c2cc1OC. The summed E-state index contributed by atoms with van der Waals surface area (Å²) in [4.78, 5) is 15.4. The van der Waals surface area contributed by atoms with Crippen LogP contribution in [-0.2, 0) is 0 Å². The molecule has 0 aliphatic carbocycles. The summed E-state index contributed by atoms with van der Waals surface area (Å²) >= 11 is 0. The van der Waals surface area contributed by atoms with Gasteiger partial charge in [0.2, 0.25) is 0 Å². The fraction of sp³-hybridized carbons (Fsp3) is 0.105. The summed E-state index contributed by atoms with van der Waals surface area (Å²) in [6.07, 6.45) is 0. The van der Waals surface area contributed by atoms with Gasteiger partial charge in [-0.05, 0) is 34.4 Å². The summed E-state index contributed by atoms with van der Waals surface area (Å²) < 4.78 is 10.7. The molecule has 0 saturated carbocycles. The Morgan fingerprint density at radius 3 is 2.04 bits per heavy atom. The van der Waals surface area contributed by atoms with E-state index in [0.29, 0.717) is 16.9 Å². The molecule has 0 atom stereocenters. The van der Waals surface area contributed by atoms with Crippen LogP contribution in [0.2, 0.25) is 0 Å². The number of aromatic amines is 1. The molecule has 4 rings (SSSR count). The highest BCUT2D eigenvalue weighted by Crippen LogP contribution is 2.34. The number of aromatic nitrogens is 1. The molecular formula is C19H15NO3. The van der Waals surface area contributed by atoms with Crippen molar-refractivity contribution in [3.63, 3.8) is 0 Å². The van der Waals surface area contributed by atoms with Crippen LogP contribution in [0.4, 0.5) is 0 Å². The van der Waals surface area contributed by atoms with Gasteiger partial charge in [0.1, 0.15) is 0 Å². The van der Waals surface area contributed by atoms with E-state index in [9.17, 15) is 4.79 Å². The van der Waals surface area contributed by atoms with Crippen LogP contribution in [0.15, 0.2) is 53.3 Å². The second kappa shape index (κ2) is 5.02. The van der Waals surface area contributed by atoms with E-state index in [4.69, 9.17) is 9.47 Å². The van der Waals surface area contributed by atoms with Gasteiger partial charge < -0.3 is 14.5 Å². The molecule has 4 nitrogen and oxygen atoms in total. The normalized spacial score (nSPS) is 11.2. The molecule has 1 aromatic heterocycles. The summed E-state index contributed by atoms with van der Waals surface area (Å²) in [6, 6.07) is 15.7. The number of pyridine rings is 1. The molecule has 0 fully saturated rings. The third-order valence-corrected chi connectivity index (χ3v) is 4.19. The van der Waals surface area contributed by atoms with Gasteiger partial charge in [-0.15, -0.1) is 0 Å². The van der Waals surface area contributed by atoms with E-state index in [0.717, 1.165) is 27.1 Å². The number of rotatable bonds is 2. The summed E-state index contributed by atoms with van der Waals surface area (Å²) in [5.74, 6) is 1.23. The zero-order valence-corrected chi connectivity index (χ0v) is 12.8. The first-order valence-corrected chi connectivity index (χ1v) is 7.32. The first-order valence-electron chi connectivity index (χ1n) is 7.32. The van der Waals surface area contributed by atoms with Crippen LogP contribution in [0.1, 0.15) is 0 Å². The second-order valence-electron chi connectivity index (χ2n) is 5.45. The van der Waals surface area contributed by atoms with Gasteiger partial charge in [-0.1, -0.05) is 24.3 Å². The molecule has 23 heavy (non-hydrogen) atoms. The van der Waals surface area contributed by atoms with Gasteiger partial charge in [-0.3, -0.25) is 4.79 Å². The number of ether oxygens (including phenoxy) is 2. The summed E-state index contributed by atoms with van der Waals surface area (Å²) in [6.45, 7) is 0. The van der Waals surface area contributed by atoms with Crippen molar-refractivity contribution in [3.8, 4) is 11.5 Å². The molecule has 0 bridgehead atoms. The van der Waals surface area contributed by atoms with Gasteiger partial charge in [0.05, 0.1) is 19.7 Å². The van der Waals surface area contributed by atoms with E-state index in [1.165, 1.54) is 0 Å². The Bertz CT molecular complexity index is 1110. The molecule has 0 saturated heterocycles. The van der Waals surface area contributed by atoms with Crippen molar-refractivity contribution in [2.45, 2.75) is 0 Å². The Morgan fingerprint density at radius 2 is 1.39 bits per heavy atom. The van der Waals surface area contributed by atoms with Crippen molar-refractivity contribution in [2.24, 2.45) is 0 Å². The fourth-order valence-corrected chi connectivity index (χ4v) is 3.05. The van der Waals surface area contributed by atoms with Gasteiger partial charge >= 0.3 is 0 Å². The topological polar surface area (TPSA) is 51.3 Å². The van der Waals surface area contributed by atoms with Crippen molar-refractivity contribution in [1.29, 1.82) is 0 Å². The van der Waals surface area contributed by atoms with Crippen molar-refractivity contribution in [1.82, 2.24) is 4.98 Å². The van der Waals surface area contributed by atoms with E-state index in [1.807, 2.05) is 42.5 Å².